The lowest BCUT2D eigenvalue weighted by atomic mass is 9.72. The molecule has 1 aliphatic carbocycles. The number of hydrogen-bond donors (Lipinski definition) is 2. The van der Waals surface area contributed by atoms with Crippen LogP contribution in [-0.2, 0) is 48.9 Å². The van der Waals surface area contributed by atoms with Crippen LogP contribution in [0.3, 0.4) is 0 Å². The van der Waals surface area contributed by atoms with Crippen molar-refractivity contribution in [2.45, 2.75) is 113 Å². The van der Waals surface area contributed by atoms with Gasteiger partial charge in [-0.25, -0.2) is 9.18 Å². The minimum atomic E-state index is -5.15. The van der Waals surface area contributed by atoms with E-state index in [1.807, 2.05) is 85.9 Å². The topological polar surface area (TPSA) is 159 Å². The number of carbonyl (C=O) groups is 5. The van der Waals surface area contributed by atoms with Gasteiger partial charge >= 0.3 is 18.4 Å². The van der Waals surface area contributed by atoms with Crippen LogP contribution in [-0.4, -0.2) is 183 Å². The summed E-state index contributed by atoms with van der Waals surface area (Å²) >= 11 is 0. The summed E-state index contributed by atoms with van der Waals surface area (Å²) in [5.41, 5.74) is 1.16. The molecule has 548 valence electrons. The number of carbonyl (C=O) groups excluding carboxylic acids is 4. The van der Waals surface area contributed by atoms with Crippen LogP contribution in [0.2, 0.25) is 0 Å². The lowest BCUT2D eigenvalue weighted by Gasteiger charge is -2.44. The van der Waals surface area contributed by atoms with Crippen molar-refractivity contribution in [3.63, 3.8) is 0 Å². The van der Waals surface area contributed by atoms with E-state index >= 15 is 0 Å². The molecule has 0 aromatic heterocycles. The predicted molar refractivity (Wildman–Crippen MR) is 382 cm³/mol. The fourth-order valence-corrected chi connectivity index (χ4v) is 14.3. The van der Waals surface area contributed by atoms with Crippen LogP contribution in [0.1, 0.15) is 119 Å². The Morgan fingerprint density at radius 3 is 1.90 bits per heavy atom. The summed E-state index contributed by atoms with van der Waals surface area (Å²) in [5, 5.41) is 13.8. The molecular weight excluding hydrogens is 1380 g/mol. The van der Waals surface area contributed by atoms with Gasteiger partial charge < -0.3 is 49.3 Å². The number of fused-ring (bicyclic) bond motifs is 2. The van der Waals surface area contributed by atoms with E-state index in [4.69, 9.17) is 9.47 Å². The first-order valence-corrected chi connectivity index (χ1v) is 33.8. The molecule has 26 heteroatoms. The predicted octanol–water partition coefficient (Wildman–Crippen LogP) is 14.6. The molecule has 3 saturated heterocycles. The Bertz CT molecular complexity index is 3680. The van der Waals surface area contributed by atoms with Gasteiger partial charge in [0.1, 0.15) is 24.8 Å². The number of hydrogen-bond acceptors (Lipinski definition) is 10. The first-order chi connectivity index (χ1) is 46.9. The van der Waals surface area contributed by atoms with Gasteiger partial charge in [-0.1, -0.05) is 91.3 Å². The van der Waals surface area contributed by atoms with Gasteiger partial charge in [-0.3, -0.25) is 24.1 Å². The lowest BCUT2D eigenvalue weighted by Crippen LogP contribution is -2.50. The highest BCUT2D eigenvalue weighted by molar-refractivity contribution is 5.96. The zero-order chi connectivity index (χ0) is 69.8. The van der Waals surface area contributed by atoms with E-state index < -0.39 is 64.6 Å². The van der Waals surface area contributed by atoms with E-state index in [2.05, 4.69) is 27.2 Å². The van der Waals surface area contributed by atoms with Crippen LogP contribution in [0.15, 0.2) is 146 Å². The second-order valence-electron chi connectivity index (χ2n) is 26.5. The molecule has 2 atom stereocenters. The fraction of sp³-hybridized carbons (Fsp3) is 0.453. The molecule has 2 N–H and O–H groups in total. The van der Waals surface area contributed by atoms with E-state index in [1.54, 1.807) is 40.9 Å². The molecule has 0 unspecified atom stereocenters. The number of likely N-dealkylation sites (tertiary alicyclic amines) is 2. The van der Waals surface area contributed by atoms with Gasteiger partial charge in [0.2, 0.25) is 11.8 Å². The van der Waals surface area contributed by atoms with Gasteiger partial charge in [0.15, 0.2) is 0 Å². The van der Waals surface area contributed by atoms with Crippen LogP contribution < -0.4 is 10.2 Å². The Morgan fingerprint density at radius 2 is 1.25 bits per heavy atom. The first kappa shape index (κ1) is 80.8. The van der Waals surface area contributed by atoms with Crippen molar-refractivity contribution in [3.05, 3.63) is 190 Å². The number of alkyl halides is 6. The van der Waals surface area contributed by atoms with Crippen LogP contribution >= 0.6 is 37.2 Å². The number of halogens is 10. The second-order valence-corrected chi connectivity index (χ2v) is 26.5. The smallest absolute Gasteiger partial charge is 0.416 e. The summed E-state index contributed by atoms with van der Waals surface area (Å²) < 4.78 is 110. The van der Waals surface area contributed by atoms with Crippen molar-refractivity contribution >= 4 is 78.3 Å². The molecule has 6 aromatic carbocycles. The van der Waals surface area contributed by atoms with Crippen molar-refractivity contribution in [1.29, 1.82) is 0 Å². The number of amides is 5. The monoisotopic (exact) mass is 1470 g/mol. The van der Waals surface area contributed by atoms with Crippen molar-refractivity contribution < 1.29 is 69.3 Å². The minimum Gasteiger partial charge on any atom is -0.465 e. The molecule has 0 bridgehead atoms. The highest BCUT2D eigenvalue weighted by Crippen LogP contribution is 2.49. The molecule has 101 heavy (non-hydrogen) atoms. The maximum absolute atomic E-state index is 14.2. The van der Waals surface area contributed by atoms with E-state index in [1.165, 1.54) is 34.7 Å². The number of ether oxygens (including phenoxy) is 2. The third-order valence-electron chi connectivity index (χ3n) is 20.1. The van der Waals surface area contributed by atoms with Crippen LogP contribution in [0.5, 0.6) is 0 Å². The quantitative estimate of drug-likeness (QED) is 0.0373. The average molecular weight is 1470 g/mol. The Morgan fingerprint density at radius 1 is 0.644 bits per heavy atom. The number of carboxylic acid groups (broad SMARTS) is 1. The normalized spacial score (nSPS) is 17.6. The summed E-state index contributed by atoms with van der Waals surface area (Å²) in [6.07, 6.45) is -3.58. The SMILES string of the molecule is CN(CCN1CCC(N(C(=O)O)c2ccccc2-c2ccccc2)CC1)C(=O)CCCCCNc1ccc(C(=O)N(C)CCCCN(C)C(=O)CO[C@H]2Cc3ccccc3C23CCN(CC[C@]2(c4ccc(F)cc4)CN(C(=O)c4cc(C(F)(F)F)cc(C(F)(F)F)c4)CO2)CC3)cc1.Cl.Cl.Cl. The van der Waals surface area contributed by atoms with Crippen LogP contribution in [0, 0.1) is 5.82 Å². The number of rotatable bonds is 27. The maximum atomic E-state index is 14.2. The van der Waals surface area contributed by atoms with Crippen molar-refractivity contribution in [1.82, 2.24) is 29.4 Å². The lowest BCUT2D eigenvalue weighted by molar-refractivity contribution is -0.143. The Kier molecular flexibility index (Phi) is 28.9. The number of para-hydroxylation sites is 1. The van der Waals surface area contributed by atoms with Crippen LogP contribution in [0.4, 0.5) is 46.9 Å². The maximum Gasteiger partial charge on any atom is 0.416 e. The number of anilines is 2. The van der Waals surface area contributed by atoms with Gasteiger partial charge in [0, 0.05) is 114 Å². The van der Waals surface area contributed by atoms with Crippen molar-refractivity contribution in [3.8, 4) is 11.1 Å². The number of unbranched alkanes of at least 4 members (excludes halogenated alkanes) is 3. The van der Waals surface area contributed by atoms with Gasteiger partial charge in [-0.15, -0.1) is 37.2 Å². The molecule has 3 aliphatic heterocycles. The third kappa shape index (κ3) is 20.2. The van der Waals surface area contributed by atoms with Crippen molar-refractivity contribution in [2.75, 3.05) is 117 Å². The molecule has 3 heterocycles. The first-order valence-electron chi connectivity index (χ1n) is 33.8. The number of nitrogens with one attached hydrogen (secondary N) is 1. The number of piperidine rings is 2. The Balaban J connectivity index is 0.00000477. The Hall–Kier alpha value is -7.51. The molecule has 0 radical (unpaired) electrons. The summed E-state index contributed by atoms with van der Waals surface area (Å²) in [4.78, 5) is 78.8. The highest BCUT2D eigenvalue weighted by Gasteiger charge is 2.50. The molecule has 4 aliphatic rings. The summed E-state index contributed by atoms with van der Waals surface area (Å²) in [7, 11) is 5.35. The zero-order valence-corrected chi connectivity index (χ0v) is 59.4. The molecule has 3 fully saturated rings. The summed E-state index contributed by atoms with van der Waals surface area (Å²) in [5.74, 6) is -1.77. The molecular formula is C75H90Cl3F7N8O8. The largest absolute Gasteiger partial charge is 0.465 e. The second kappa shape index (κ2) is 36.1. The summed E-state index contributed by atoms with van der Waals surface area (Å²) in [6, 6.07) is 39.1. The molecule has 10 rings (SSSR count). The van der Waals surface area contributed by atoms with E-state index in [9.17, 15) is 59.8 Å². The molecule has 1 spiro atoms. The minimum absolute atomic E-state index is 0. The molecule has 0 saturated carbocycles. The highest BCUT2D eigenvalue weighted by atomic mass is 35.5. The van der Waals surface area contributed by atoms with Gasteiger partial charge in [-0.05, 0) is 160 Å². The third-order valence-corrected chi connectivity index (χ3v) is 20.1. The van der Waals surface area contributed by atoms with E-state index in [0.29, 0.717) is 120 Å². The van der Waals surface area contributed by atoms with E-state index in [0.717, 1.165) is 72.7 Å². The fourth-order valence-electron chi connectivity index (χ4n) is 14.3. The molecule has 6 aromatic rings. The van der Waals surface area contributed by atoms with Gasteiger partial charge in [0.25, 0.3) is 11.8 Å². The average Bonchev–Trinajstić information content (AvgIpc) is 1.61. The van der Waals surface area contributed by atoms with Gasteiger partial charge in [-0.2, -0.15) is 26.3 Å². The molecule has 5 amide bonds. The number of likely N-dealkylation sites (N-methyl/N-ethyl adjacent to an activating group) is 2. The summed E-state index contributed by atoms with van der Waals surface area (Å²) in [6.45, 7) is 5.39. The standard InChI is InChI=1S/C75H87F7N8O8.3ClH/c1-84(37-14-15-38-86(3)69(93)54-23-29-61(30-24-54)83-36-13-5-8-22-67(91)85(2)44-45-87-39-31-62(32-40-87)90(71(95)96)65-21-12-10-19-63(65)53-16-6-4-7-17-53)68(92)50-97-66-48-55-18-9-11-20-64(55)72(66)33-41-88(42-34-72)43-35-73(57-25-27-60(76)28-26-57)51-89(52-98-73)70(94)56-46-58(74(77,78)79)49-59(47-56)75(80,81)82;;;/h4,6-7,9-12,16-21,23-30,46-47,49,62,66,83H,5,8,13-15,22,31-45,48,50-52H2,1-3H3,(H,95,96);3*1H/t66-,73+;;;/m0.../s1. The van der Waals surface area contributed by atoms with Crippen molar-refractivity contribution in [2.24, 2.45) is 0 Å². The number of nitrogens with zero attached hydrogens (tertiary/aromatic N) is 7. The van der Waals surface area contributed by atoms with Crippen LogP contribution in [0.25, 0.3) is 11.1 Å². The number of benzene rings is 6. The molecule has 16 nitrogen and oxygen atoms in total. The van der Waals surface area contributed by atoms with Gasteiger partial charge in [0.05, 0.1) is 29.5 Å². The van der Waals surface area contributed by atoms with E-state index in [-0.39, 0.29) is 92.7 Å². The zero-order valence-electron chi connectivity index (χ0n) is 57.0. The Labute approximate surface area is 604 Å².